The van der Waals surface area contributed by atoms with Gasteiger partial charge in [0, 0.05) is 18.6 Å². The predicted octanol–water partition coefficient (Wildman–Crippen LogP) is 2.72. The summed E-state index contributed by atoms with van der Waals surface area (Å²) in [6.07, 6.45) is 4.31. The highest BCUT2D eigenvalue weighted by Gasteiger charge is 2.65. The quantitative estimate of drug-likeness (QED) is 0.837. The van der Waals surface area contributed by atoms with Crippen molar-refractivity contribution in [2.24, 2.45) is 5.41 Å². The standard InChI is InChI=1S/C21H28N2O4/c1-13(2)23-12-18(25)21(22-19(23)26)17-10-15(24)5-4-14(17)11-20(21)8-6-16(27-3)7-9-20/h4-5,10,13,16,24H,6-9,11-12H2,1-3H3,(H,22,26). The number of benzene rings is 1. The maximum atomic E-state index is 13.6. The molecular formula is C21H28N2O4. The molecular weight excluding hydrogens is 344 g/mol. The van der Waals surface area contributed by atoms with Gasteiger partial charge in [-0.25, -0.2) is 4.79 Å². The number of nitrogens with zero attached hydrogens (tertiary/aromatic N) is 1. The third kappa shape index (κ3) is 2.49. The third-order valence-corrected chi connectivity index (χ3v) is 6.96. The molecule has 1 aromatic rings. The number of nitrogens with one attached hydrogen (secondary N) is 1. The average molecular weight is 372 g/mol. The Labute approximate surface area is 159 Å². The van der Waals surface area contributed by atoms with E-state index in [9.17, 15) is 14.7 Å². The maximum absolute atomic E-state index is 13.6. The number of ether oxygens (including phenoxy) is 1. The molecule has 2 fully saturated rings. The summed E-state index contributed by atoms with van der Waals surface area (Å²) in [5, 5.41) is 13.3. The number of carbonyl (C=O) groups is 2. The van der Waals surface area contributed by atoms with Crippen molar-refractivity contribution in [2.75, 3.05) is 13.7 Å². The first-order valence-corrected chi connectivity index (χ1v) is 9.80. The number of urea groups is 1. The van der Waals surface area contributed by atoms with Gasteiger partial charge in [0.2, 0.25) is 0 Å². The van der Waals surface area contributed by atoms with Crippen LogP contribution < -0.4 is 5.32 Å². The number of Topliss-reactive ketones (excluding diaryl/α,β-unsaturated/α-hetero) is 1. The van der Waals surface area contributed by atoms with E-state index in [1.54, 1.807) is 24.1 Å². The number of hydrogen-bond donors (Lipinski definition) is 2. The monoisotopic (exact) mass is 372 g/mol. The summed E-state index contributed by atoms with van der Waals surface area (Å²) in [5.74, 6) is 0.153. The minimum absolute atomic E-state index is 0.0241. The van der Waals surface area contributed by atoms with E-state index in [1.807, 2.05) is 19.9 Å². The van der Waals surface area contributed by atoms with Gasteiger partial charge in [-0.15, -0.1) is 0 Å². The highest BCUT2D eigenvalue weighted by molar-refractivity contribution is 6.02. The second-order valence-electron chi connectivity index (χ2n) is 8.56. The second kappa shape index (κ2) is 6.23. The van der Waals surface area contributed by atoms with Crippen molar-refractivity contribution in [3.05, 3.63) is 29.3 Å². The molecule has 2 aliphatic carbocycles. The van der Waals surface area contributed by atoms with E-state index < -0.39 is 5.54 Å². The number of ketones is 1. The van der Waals surface area contributed by atoms with Crippen LogP contribution in [0.2, 0.25) is 0 Å². The smallest absolute Gasteiger partial charge is 0.319 e. The molecule has 1 aliphatic heterocycles. The zero-order chi connectivity index (χ0) is 19.4. The molecule has 27 heavy (non-hydrogen) atoms. The molecule has 6 nitrogen and oxygen atoms in total. The lowest BCUT2D eigenvalue weighted by molar-refractivity contribution is -0.137. The van der Waals surface area contributed by atoms with Gasteiger partial charge in [-0.2, -0.15) is 0 Å². The predicted molar refractivity (Wildman–Crippen MR) is 101 cm³/mol. The first-order chi connectivity index (χ1) is 12.8. The Bertz CT molecular complexity index is 782. The first kappa shape index (κ1) is 18.3. The topological polar surface area (TPSA) is 78.9 Å². The summed E-state index contributed by atoms with van der Waals surface area (Å²) in [7, 11) is 1.73. The van der Waals surface area contributed by atoms with E-state index in [2.05, 4.69) is 5.32 Å². The highest BCUT2D eigenvalue weighted by Crippen LogP contribution is 2.59. The molecule has 0 aromatic heterocycles. The Balaban J connectivity index is 1.82. The van der Waals surface area contributed by atoms with Crippen molar-refractivity contribution in [2.45, 2.75) is 63.6 Å². The number of methoxy groups -OCH3 is 1. The van der Waals surface area contributed by atoms with E-state index in [4.69, 9.17) is 4.74 Å². The van der Waals surface area contributed by atoms with Crippen molar-refractivity contribution >= 4 is 11.8 Å². The summed E-state index contributed by atoms with van der Waals surface area (Å²) in [4.78, 5) is 28.2. The number of hydrogen-bond acceptors (Lipinski definition) is 4. The van der Waals surface area contributed by atoms with Gasteiger partial charge < -0.3 is 20.1 Å². The molecule has 0 radical (unpaired) electrons. The molecule has 1 heterocycles. The average Bonchev–Trinajstić information content (AvgIpc) is 2.89. The molecule has 146 valence electrons. The Kier molecular flexibility index (Phi) is 4.22. The molecule has 0 bridgehead atoms. The van der Waals surface area contributed by atoms with Gasteiger partial charge in [-0.05, 0) is 69.2 Å². The number of amides is 2. The fourth-order valence-corrected chi connectivity index (χ4v) is 5.49. The molecule has 6 heteroatoms. The van der Waals surface area contributed by atoms with Gasteiger partial charge >= 0.3 is 6.03 Å². The van der Waals surface area contributed by atoms with E-state index in [1.165, 1.54) is 0 Å². The molecule has 2 N–H and O–H groups in total. The van der Waals surface area contributed by atoms with Crippen LogP contribution in [0.5, 0.6) is 5.75 Å². The van der Waals surface area contributed by atoms with Gasteiger partial charge in [0.15, 0.2) is 5.78 Å². The Morgan fingerprint density at radius 1 is 1.26 bits per heavy atom. The number of carbonyl (C=O) groups excluding carboxylic acids is 2. The van der Waals surface area contributed by atoms with Crippen LogP contribution in [0.15, 0.2) is 18.2 Å². The van der Waals surface area contributed by atoms with Crippen LogP contribution in [-0.4, -0.2) is 47.6 Å². The molecule has 1 aromatic carbocycles. The minimum atomic E-state index is -1.05. The molecule has 1 unspecified atom stereocenters. The SMILES string of the molecule is COC1CCC2(CC1)Cc1ccc(O)cc1C21NC(=O)N(C(C)C)CC1=O. The Hall–Kier alpha value is -2.08. The van der Waals surface area contributed by atoms with Gasteiger partial charge in [-0.1, -0.05) is 6.07 Å². The molecule has 3 aliphatic rings. The fraction of sp³-hybridized carbons (Fsp3) is 0.619. The van der Waals surface area contributed by atoms with Crippen LogP contribution in [0.1, 0.15) is 50.7 Å². The fourth-order valence-electron chi connectivity index (χ4n) is 5.49. The zero-order valence-electron chi connectivity index (χ0n) is 16.2. The maximum Gasteiger partial charge on any atom is 0.319 e. The number of fused-ring (bicyclic) bond motifs is 3. The highest BCUT2D eigenvalue weighted by atomic mass is 16.5. The Morgan fingerprint density at radius 3 is 2.59 bits per heavy atom. The molecule has 1 saturated heterocycles. The van der Waals surface area contributed by atoms with Crippen LogP contribution in [0.3, 0.4) is 0 Å². The third-order valence-electron chi connectivity index (χ3n) is 6.96. The lowest BCUT2D eigenvalue weighted by Gasteiger charge is -2.52. The first-order valence-electron chi connectivity index (χ1n) is 9.80. The lowest BCUT2D eigenvalue weighted by Crippen LogP contribution is -2.70. The van der Waals surface area contributed by atoms with Crippen LogP contribution in [-0.2, 0) is 21.5 Å². The second-order valence-corrected chi connectivity index (χ2v) is 8.56. The molecule has 2 amide bonds. The summed E-state index contributed by atoms with van der Waals surface area (Å²) in [6.45, 7) is 3.94. The van der Waals surface area contributed by atoms with Crippen LogP contribution in [0, 0.1) is 5.41 Å². The summed E-state index contributed by atoms with van der Waals surface area (Å²) in [6, 6.07) is 5.00. The van der Waals surface area contributed by atoms with Crippen molar-refractivity contribution in [3.8, 4) is 5.75 Å². The van der Waals surface area contributed by atoms with Gasteiger partial charge in [0.1, 0.15) is 11.3 Å². The van der Waals surface area contributed by atoms with Gasteiger partial charge in [0.05, 0.1) is 12.6 Å². The summed E-state index contributed by atoms with van der Waals surface area (Å²) in [5.41, 5.74) is 0.423. The largest absolute Gasteiger partial charge is 0.508 e. The van der Waals surface area contributed by atoms with E-state index in [0.717, 1.165) is 43.2 Å². The van der Waals surface area contributed by atoms with Gasteiger partial charge in [-0.3, -0.25) is 4.79 Å². The van der Waals surface area contributed by atoms with E-state index in [-0.39, 0.29) is 41.7 Å². The lowest BCUT2D eigenvalue weighted by atomic mass is 9.59. The van der Waals surface area contributed by atoms with Crippen LogP contribution in [0.4, 0.5) is 4.79 Å². The van der Waals surface area contributed by atoms with E-state index >= 15 is 0 Å². The summed E-state index contributed by atoms with van der Waals surface area (Å²) >= 11 is 0. The van der Waals surface area contributed by atoms with Gasteiger partial charge in [0.25, 0.3) is 0 Å². The van der Waals surface area contributed by atoms with Crippen molar-refractivity contribution in [1.29, 1.82) is 0 Å². The summed E-state index contributed by atoms with van der Waals surface area (Å²) < 4.78 is 5.54. The molecule has 1 saturated carbocycles. The van der Waals surface area contributed by atoms with Crippen molar-refractivity contribution < 1.29 is 19.4 Å². The minimum Gasteiger partial charge on any atom is -0.508 e. The molecule has 1 atom stereocenters. The van der Waals surface area contributed by atoms with Crippen molar-refractivity contribution in [3.63, 3.8) is 0 Å². The molecule has 2 spiro atoms. The zero-order valence-corrected chi connectivity index (χ0v) is 16.2. The van der Waals surface area contributed by atoms with Crippen LogP contribution >= 0.6 is 0 Å². The normalized spacial score (nSPS) is 33.0. The van der Waals surface area contributed by atoms with Crippen molar-refractivity contribution in [1.82, 2.24) is 10.2 Å². The Morgan fingerprint density at radius 2 is 1.96 bits per heavy atom. The number of phenolic OH excluding ortho intramolecular Hbond substituents is 1. The van der Waals surface area contributed by atoms with Crippen LogP contribution in [0.25, 0.3) is 0 Å². The molecule has 4 rings (SSSR count). The number of phenols is 1. The number of rotatable bonds is 2. The van der Waals surface area contributed by atoms with E-state index in [0.29, 0.717) is 0 Å². The number of aromatic hydroxyl groups is 1.